The Morgan fingerprint density at radius 2 is 2.11 bits per heavy atom. The van der Waals surface area contributed by atoms with E-state index in [1.807, 2.05) is 0 Å². The number of nitriles is 1. The summed E-state index contributed by atoms with van der Waals surface area (Å²) in [7, 11) is 1.17. The second-order valence-corrected chi connectivity index (χ2v) is 4.51. The first-order chi connectivity index (χ1) is 8.29. The van der Waals surface area contributed by atoms with Crippen LogP contribution in [0.3, 0.4) is 0 Å². The summed E-state index contributed by atoms with van der Waals surface area (Å²) >= 11 is 1.67. The van der Waals surface area contributed by atoms with Crippen molar-refractivity contribution >= 4 is 28.6 Å². The highest BCUT2D eigenvalue weighted by Gasteiger charge is 2.32. The molecule has 0 amide bonds. The van der Waals surface area contributed by atoms with Crippen LogP contribution in [0.15, 0.2) is 12.1 Å². The summed E-state index contributed by atoms with van der Waals surface area (Å²) in [5.74, 6) is -0.607. The number of hydrogen-bond donors (Lipinski definition) is 0. The minimum atomic E-state index is -4.52. The lowest BCUT2D eigenvalue weighted by atomic mass is 10.0. The number of nitrogens with zero attached hydrogens (tertiary/aromatic N) is 1. The minimum Gasteiger partial charge on any atom is -0.469 e. The van der Waals surface area contributed by atoms with Crippen molar-refractivity contribution in [2.45, 2.75) is 12.6 Å². The van der Waals surface area contributed by atoms with Crippen molar-refractivity contribution in [3.05, 3.63) is 32.4 Å². The van der Waals surface area contributed by atoms with E-state index in [1.54, 1.807) is 28.7 Å². The van der Waals surface area contributed by atoms with Gasteiger partial charge in [-0.05, 0) is 40.3 Å². The molecule has 7 heteroatoms. The molecule has 0 saturated heterocycles. The molecule has 0 aromatic heterocycles. The van der Waals surface area contributed by atoms with E-state index >= 15 is 0 Å². The standard InChI is InChI=1S/C11H7F3INO2/c1-18-10(17)4-8-6(5-16)2-7(3-9(8)15)11(12,13)14/h2-3H,4H2,1H3. The van der Waals surface area contributed by atoms with E-state index in [-0.39, 0.29) is 21.1 Å². The number of carbonyl (C=O) groups excluding carboxylic acids is 1. The van der Waals surface area contributed by atoms with E-state index in [9.17, 15) is 18.0 Å². The average molecular weight is 369 g/mol. The molecule has 0 aliphatic rings. The number of ether oxygens (including phenoxy) is 1. The molecule has 18 heavy (non-hydrogen) atoms. The third kappa shape index (κ3) is 3.35. The van der Waals surface area contributed by atoms with Crippen molar-refractivity contribution in [3.63, 3.8) is 0 Å². The van der Waals surface area contributed by atoms with E-state index in [1.165, 1.54) is 7.11 Å². The number of halogens is 4. The smallest absolute Gasteiger partial charge is 0.416 e. The van der Waals surface area contributed by atoms with Gasteiger partial charge in [-0.15, -0.1) is 0 Å². The number of esters is 1. The molecule has 0 radical (unpaired) electrons. The Morgan fingerprint density at radius 1 is 1.50 bits per heavy atom. The zero-order chi connectivity index (χ0) is 13.9. The van der Waals surface area contributed by atoms with Gasteiger partial charge in [0.15, 0.2) is 0 Å². The van der Waals surface area contributed by atoms with Crippen molar-refractivity contribution in [2.75, 3.05) is 7.11 Å². The first-order valence-corrected chi connectivity index (χ1v) is 5.74. The fraction of sp³-hybridized carbons (Fsp3) is 0.273. The van der Waals surface area contributed by atoms with Crippen LogP contribution in [0.2, 0.25) is 0 Å². The molecule has 0 heterocycles. The number of methoxy groups -OCH3 is 1. The molecule has 0 aliphatic heterocycles. The van der Waals surface area contributed by atoms with E-state index in [0.29, 0.717) is 0 Å². The summed E-state index contributed by atoms with van der Waals surface area (Å²) in [5, 5.41) is 8.85. The summed E-state index contributed by atoms with van der Waals surface area (Å²) in [6.07, 6.45) is -4.74. The second kappa shape index (κ2) is 5.56. The van der Waals surface area contributed by atoms with Gasteiger partial charge in [0.05, 0.1) is 30.7 Å². The zero-order valence-corrected chi connectivity index (χ0v) is 11.3. The Bertz CT molecular complexity index is 520. The van der Waals surface area contributed by atoms with Crippen molar-refractivity contribution in [3.8, 4) is 6.07 Å². The predicted octanol–water partition coefficient (Wildman–Crippen LogP) is 2.90. The lowest BCUT2D eigenvalue weighted by Crippen LogP contribution is -2.11. The lowest BCUT2D eigenvalue weighted by Gasteiger charge is -2.11. The van der Waals surface area contributed by atoms with Crippen LogP contribution in [-0.4, -0.2) is 13.1 Å². The third-order valence-electron chi connectivity index (χ3n) is 2.19. The average Bonchev–Trinajstić information content (AvgIpc) is 2.29. The van der Waals surface area contributed by atoms with Gasteiger partial charge in [-0.25, -0.2) is 0 Å². The molecule has 1 rings (SSSR count). The van der Waals surface area contributed by atoms with E-state index in [4.69, 9.17) is 5.26 Å². The summed E-state index contributed by atoms with van der Waals surface area (Å²) in [6.45, 7) is 0. The molecule has 0 atom stereocenters. The summed E-state index contributed by atoms with van der Waals surface area (Å²) in [4.78, 5) is 11.1. The van der Waals surface area contributed by atoms with Crippen LogP contribution in [-0.2, 0) is 22.1 Å². The fourth-order valence-corrected chi connectivity index (χ4v) is 2.11. The molecule has 96 valence electrons. The van der Waals surface area contributed by atoms with Crippen LogP contribution < -0.4 is 0 Å². The van der Waals surface area contributed by atoms with Gasteiger partial charge in [0.2, 0.25) is 0 Å². The number of alkyl halides is 3. The molecule has 0 aliphatic carbocycles. The predicted molar refractivity (Wildman–Crippen MR) is 64.6 cm³/mol. The summed E-state index contributed by atoms with van der Waals surface area (Å²) in [5.41, 5.74) is -0.824. The number of hydrogen-bond acceptors (Lipinski definition) is 3. The molecule has 0 saturated carbocycles. The lowest BCUT2D eigenvalue weighted by molar-refractivity contribution is -0.139. The van der Waals surface area contributed by atoms with Crippen molar-refractivity contribution in [1.82, 2.24) is 0 Å². The SMILES string of the molecule is COC(=O)Cc1c(I)cc(C(F)(F)F)cc1C#N. The maximum absolute atomic E-state index is 12.5. The van der Waals surface area contributed by atoms with Gasteiger partial charge in [0, 0.05) is 3.57 Å². The Labute approximate surface area is 115 Å². The van der Waals surface area contributed by atoms with E-state index in [0.717, 1.165) is 12.1 Å². The van der Waals surface area contributed by atoms with Gasteiger partial charge >= 0.3 is 12.1 Å². The zero-order valence-electron chi connectivity index (χ0n) is 9.14. The highest BCUT2D eigenvalue weighted by molar-refractivity contribution is 14.1. The first-order valence-electron chi connectivity index (χ1n) is 4.66. The maximum Gasteiger partial charge on any atom is 0.416 e. The molecule has 0 bridgehead atoms. The van der Waals surface area contributed by atoms with Gasteiger partial charge in [0.25, 0.3) is 0 Å². The number of rotatable bonds is 2. The van der Waals surface area contributed by atoms with Gasteiger partial charge in [-0.1, -0.05) is 0 Å². The topological polar surface area (TPSA) is 50.1 Å². The molecule has 0 fully saturated rings. The highest BCUT2D eigenvalue weighted by atomic mass is 127. The molecule has 0 unspecified atom stereocenters. The molecule has 1 aromatic rings. The monoisotopic (exact) mass is 369 g/mol. The van der Waals surface area contributed by atoms with Crippen LogP contribution in [0.4, 0.5) is 13.2 Å². The molecule has 0 N–H and O–H groups in total. The second-order valence-electron chi connectivity index (χ2n) is 3.35. The van der Waals surface area contributed by atoms with Crippen LogP contribution in [0.5, 0.6) is 0 Å². The molecule has 1 aromatic carbocycles. The van der Waals surface area contributed by atoms with Crippen LogP contribution in [0, 0.1) is 14.9 Å². The molecule has 3 nitrogen and oxygen atoms in total. The van der Waals surface area contributed by atoms with Crippen LogP contribution in [0.1, 0.15) is 16.7 Å². The molecular weight excluding hydrogens is 362 g/mol. The van der Waals surface area contributed by atoms with Crippen molar-refractivity contribution in [2.24, 2.45) is 0 Å². The maximum atomic E-state index is 12.5. The number of benzene rings is 1. The van der Waals surface area contributed by atoms with E-state index in [2.05, 4.69) is 4.74 Å². The number of carbonyl (C=O) groups is 1. The quantitative estimate of drug-likeness (QED) is 0.595. The van der Waals surface area contributed by atoms with Gasteiger partial charge < -0.3 is 4.74 Å². The van der Waals surface area contributed by atoms with Crippen LogP contribution >= 0.6 is 22.6 Å². The van der Waals surface area contributed by atoms with Crippen LogP contribution in [0.25, 0.3) is 0 Å². The summed E-state index contributed by atoms with van der Waals surface area (Å²) < 4.78 is 42.3. The highest BCUT2D eigenvalue weighted by Crippen LogP contribution is 2.32. The fourth-order valence-electron chi connectivity index (χ4n) is 1.30. The molecule has 0 spiro atoms. The van der Waals surface area contributed by atoms with Gasteiger partial charge in [-0.2, -0.15) is 18.4 Å². The van der Waals surface area contributed by atoms with Crippen molar-refractivity contribution < 1.29 is 22.7 Å². The Morgan fingerprint density at radius 3 is 2.56 bits per heavy atom. The van der Waals surface area contributed by atoms with Gasteiger partial charge in [0.1, 0.15) is 0 Å². The van der Waals surface area contributed by atoms with Crippen molar-refractivity contribution in [1.29, 1.82) is 5.26 Å². The van der Waals surface area contributed by atoms with Gasteiger partial charge in [-0.3, -0.25) is 4.79 Å². The minimum absolute atomic E-state index is 0.167. The first kappa shape index (κ1) is 14.8. The largest absolute Gasteiger partial charge is 0.469 e. The Balaban J connectivity index is 3.30. The summed E-state index contributed by atoms with van der Waals surface area (Å²) in [6, 6.07) is 3.30. The molecular formula is C11H7F3INO2. The Kier molecular flexibility index (Phi) is 4.56. The third-order valence-corrected chi connectivity index (χ3v) is 3.15. The normalized spacial score (nSPS) is 10.9. The van der Waals surface area contributed by atoms with E-state index < -0.39 is 17.7 Å². The Hall–Kier alpha value is -1.30.